The zero-order valence-corrected chi connectivity index (χ0v) is 29.0. The Labute approximate surface area is 274 Å². The van der Waals surface area contributed by atoms with Gasteiger partial charge in [0.2, 0.25) is 0 Å². The van der Waals surface area contributed by atoms with Gasteiger partial charge in [0, 0.05) is 23.7 Å². The average Bonchev–Trinajstić information content (AvgIpc) is 3.25. The number of aliphatic hydroxyl groups excluding tert-OH is 7. The highest BCUT2D eigenvalue weighted by Crippen LogP contribution is 2.74. The molecule has 5 rings (SSSR count). The summed E-state index contributed by atoms with van der Waals surface area (Å²) in [6.45, 7) is 15.6. The Balaban J connectivity index is 1.31. The molecule has 0 bridgehead atoms. The first kappa shape index (κ1) is 36.3. The topological polar surface area (TPSA) is 177 Å². The first-order valence-corrected chi connectivity index (χ1v) is 17.4. The smallest absolute Gasteiger partial charge is 0.187 e. The highest BCUT2D eigenvalue weighted by molar-refractivity contribution is 5.88. The molecular formula is C36H60O10. The number of ether oxygens (including phenoxy) is 2. The van der Waals surface area contributed by atoms with Crippen LogP contribution in [0.2, 0.25) is 0 Å². The van der Waals surface area contributed by atoms with Crippen molar-refractivity contribution in [2.45, 2.75) is 155 Å². The predicted octanol–water partition coefficient (Wildman–Crippen LogP) is 2.47. The summed E-state index contributed by atoms with van der Waals surface area (Å²) >= 11 is 0. The second-order valence-electron chi connectivity index (χ2n) is 17.3. The predicted molar refractivity (Wildman–Crippen MR) is 170 cm³/mol. The van der Waals surface area contributed by atoms with Crippen molar-refractivity contribution in [3.63, 3.8) is 0 Å². The number of allylic oxidation sites excluding steroid dienone is 1. The van der Waals surface area contributed by atoms with Gasteiger partial charge in [-0.15, -0.1) is 0 Å². The summed E-state index contributed by atoms with van der Waals surface area (Å²) in [5.41, 5.74) is -1.38. The molecule has 7 N–H and O–H groups in total. The molecule has 5 aliphatic rings. The van der Waals surface area contributed by atoms with Crippen molar-refractivity contribution in [2.75, 3.05) is 6.61 Å². The van der Waals surface area contributed by atoms with Crippen molar-refractivity contribution in [3.05, 3.63) is 11.6 Å². The van der Waals surface area contributed by atoms with E-state index in [2.05, 4.69) is 40.7 Å². The van der Waals surface area contributed by atoms with Gasteiger partial charge in [0.15, 0.2) is 6.29 Å². The molecule has 4 fully saturated rings. The molecule has 1 aliphatic heterocycles. The second-order valence-corrected chi connectivity index (χ2v) is 17.3. The SMILES string of the molecule is C[C@H]([C@H](O)C[C@@H](O)C(C)(C)O[C@@H]1O[C@H](CO)[C@@H](O)[C@H](O)[C@H]1O)[C@H]1CC[C@@]2(C)[C@@H]3CC=C4[C@@H](CC[C@H](O)C4(C)C)[C@]3(C)C(=O)C[C@]12C. The molecule has 264 valence electrons. The van der Waals surface area contributed by atoms with Gasteiger partial charge in [-0.2, -0.15) is 0 Å². The molecule has 0 radical (unpaired) electrons. The molecule has 3 saturated carbocycles. The van der Waals surface area contributed by atoms with Gasteiger partial charge in [0.25, 0.3) is 0 Å². The number of hydrogen-bond acceptors (Lipinski definition) is 10. The molecule has 0 aromatic rings. The van der Waals surface area contributed by atoms with Crippen LogP contribution in [-0.4, -0.2) is 103 Å². The molecule has 46 heavy (non-hydrogen) atoms. The number of Topliss-reactive ketones (excluding diaryl/α,β-unsaturated/α-hetero) is 1. The van der Waals surface area contributed by atoms with E-state index in [4.69, 9.17) is 9.47 Å². The van der Waals surface area contributed by atoms with E-state index in [1.165, 1.54) is 5.57 Å². The molecule has 10 nitrogen and oxygen atoms in total. The van der Waals surface area contributed by atoms with Crippen LogP contribution < -0.4 is 0 Å². The van der Waals surface area contributed by atoms with E-state index < -0.39 is 66.6 Å². The van der Waals surface area contributed by atoms with Gasteiger partial charge in [0.1, 0.15) is 30.2 Å². The highest BCUT2D eigenvalue weighted by Gasteiger charge is 2.70. The maximum absolute atomic E-state index is 14.4. The number of carbonyl (C=O) groups is 1. The van der Waals surface area contributed by atoms with Gasteiger partial charge in [-0.05, 0) is 80.5 Å². The van der Waals surface area contributed by atoms with Crippen LogP contribution in [0.3, 0.4) is 0 Å². The summed E-state index contributed by atoms with van der Waals surface area (Å²) in [6.07, 6.45) is -2.85. The van der Waals surface area contributed by atoms with Crippen molar-refractivity contribution in [3.8, 4) is 0 Å². The maximum atomic E-state index is 14.4. The van der Waals surface area contributed by atoms with Gasteiger partial charge in [-0.1, -0.05) is 53.2 Å². The molecule has 1 saturated heterocycles. The summed E-state index contributed by atoms with van der Waals surface area (Å²) < 4.78 is 11.4. The van der Waals surface area contributed by atoms with Crippen LogP contribution in [0, 0.1) is 45.3 Å². The van der Waals surface area contributed by atoms with Gasteiger partial charge in [-0.3, -0.25) is 4.79 Å². The molecule has 4 aliphatic carbocycles. The van der Waals surface area contributed by atoms with E-state index >= 15 is 0 Å². The van der Waals surface area contributed by atoms with Crippen LogP contribution in [0.5, 0.6) is 0 Å². The minimum absolute atomic E-state index is 0.0183. The third-order valence-electron chi connectivity index (χ3n) is 14.5. The first-order valence-electron chi connectivity index (χ1n) is 17.4. The average molecular weight is 653 g/mol. The van der Waals surface area contributed by atoms with Crippen LogP contribution in [0.1, 0.15) is 100 Å². The molecular weight excluding hydrogens is 592 g/mol. The summed E-state index contributed by atoms with van der Waals surface area (Å²) in [4.78, 5) is 14.4. The van der Waals surface area contributed by atoms with Crippen LogP contribution in [-0.2, 0) is 14.3 Å². The Kier molecular flexibility index (Phi) is 9.58. The van der Waals surface area contributed by atoms with E-state index in [-0.39, 0.29) is 46.3 Å². The molecule has 0 aromatic carbocycles. The summed E-state index contributed by atoms with van der Waals surface area (Å²) in [5, 5.41) is 73.9. The Morgan fingerprint density at radius 2 is 1.63 bits per heavy atom. The lowest BCUT2D eigenvalue weighted by Gasteiger charge is -2.64. The van der Waals surface area contributed by atoms with E-state index in [9.17, 15) is 40.5 Å². The number of hydrogen-bond donors (Lipinski definition) is 7. The zero-order valence-electron chi connectivity index (χ0n) is 29.0. The van der Waals surface area contributed by atoms with Gasteiger partial charge >= 0.3 is 0 Å². The van der Waals surface area contributed by atoms with E-state index in [1.807, 2.05) is 6.92 Å². The lowest BCUT2D eigenvalue weighted by atomic mass is 9.38. The number of fused-ring (bicyclic) bond motifs is 5. The number of aliphatic hydroxyl groups is 7. The van der Waals surface area contributed by atoms with Crippen LogP contribution >= 0.6 is 0 Å². The third kappa shape index (κ3) is 5.28. The fourth-order valence-electron chi connectivity index (χ4n) is 10.8. The monoisotopic (exact) mass is 652 g/mol. The Morgan fingerprint density at radius 1 is 0.978 bits per heavy atom. The normalized spacial score (nSPS) is 47.7. The Morgan fingerprint density at radius 3 is 2.26 bits per heavy atom. The molecule has 10 heteroatoms. The quantitative estimate of drug-likeness (QED) is 0.193. The van der Waals surface area contributed by atoms with Crippen molar-refractivity contribution in [1.82, 2.24) is 0 Å². The lowest BCUT2D eigenvalue weighted by molar-refractivity contribution is -0.332. The van der Waals surface area contributed by atoms with Crippen LogP contribution in [0.15, 0.2) is 11.6 Å². The maximum Gasteiger partial charge on any atom is 0.187 e. The summed E-state index contributed by atoms with van der Waals surface area (Å²) in [7, 11) is 0. The fraction of sp³-hybridized carbons (Fsp3) is 0.917. The molecule has 15 atom stereocenters. The van der Waals surface area contributed by atoms with Crippen molar-refractivity contribution < 1.29 is 50.0 Å². The zero-order chi connectivity index (χ0) is 34.4. The van der Waals surface area contributed by atoms with E-state index in [0.29, 0.717) is 18.6 Å². The van der Waals surface area contributed by atoms with E-state index in [1.54, 1.807) is 13.8 Å². The first-order chi connectivity index (χ1) is 21.2. The lowest BCUT2D eigenvalue weighted by Crippen LogP contribution is -2.63. The largest absolute Gasteiger partial charge is 0.394 e. The molecule has 1 heterocycles. The summed E-state index contributed by atoms with van der Waals surface area (Å²) in [5.74, 6) is 0.416. The fourth-order valence-corrected chi connectivity index (χ4v) is 10.8. The van der Waals surface area contributed by atoms with E-state index in [0.717, 1.165) is 25.7 Å². The van der Waals surface area contributed by atoms with Crippen molar-refractivity contribution in [2.24, 2.45) is 45.3 Å². The summed E-state index contributed by atoms with van der Waals surface area (Å²) in [6, 6.07) is 0. The Bertz CT molecular complexity index is 1180. The minimum Gasteiger partial charge on any atom is -0.394 e. The van der Waals surface area contributed by atoms with Gasteiger partial charge in [-0.25, -0.2) is 0 Å². The molecule has 0 unspecified atom stereocenters. The number of ketones is 1. The Hall–Kier alpha value is -0.950. The highest BCUT2D eigenvalue weighted by atomic mass is 16.7. The van der Waals surface area contributed by atoms with Gasteiger partial charge in [0.05, 0.1) is 30.5 Å². The third-order valence-corrected chi connectivity index (χ3v) is 14.5. The molecule has 0 spiro atoms. The molecule has 0 aromatic heterocycles. The number of rotatable bonds is 8. The standard InChI is InChI=1S/C36H60O10/c1-18(22(38)15-26(40)33(4,5)46-31-30(44)29(43)28(42)23(17-37)45-31)19-13-14-34(6)24-11-9-20-21(10-12-25(39)32(20,2)3)36(24,8)27(41)16-35(19,34)7/h9,18-19,21-26,28-31,37-40,42-44H,10-17H2,1-8H3/t18-,19+,21+,22+,23+,24-,25-,26+,28+,29-,30+,31-,34-,35+,36-/m0/s1. The number of carbonyl (C=O) groups excluding carboxylic acids is 1. The molecule has 0 amide bonds. The minimum atomic E-state index is -1.60. The second kappa shape index (κ2) is 12.1. The van der Waals surface area contributed by atoms with Crippen molar-refractivity contribution in [1.29, 1.82) is 0 Å². The van der Waals surface area contributed by atoms with Crippen LogP contribution in [0.25, 0.3) is 0 Å². The van der Waals surface area contributed by atoms with Crippen molar-refractivity contribution >= 4 is 5.78 Å². The van der Waals surface area contributed by atoms with Gasteiger partial charge < -0.3 is 45.2 Å². The van der Waals surface area contributed by atoms with Crippen LogP contribution in [0.4, 0.5) is 0 Å².